The van der Waals surface area contributed by atoms with E-state index in [9.17, 15) is 4.79 Å². The first-order valence-electron chi connectivity index (χ1n) is 2.81. The molecule has 0 aliphatic carbocycles. The Morgan fingerprint density at radius 1 is 1.82 bits per heavy atom. The molecule has 0 unspecified atom stereocenters. The van der Waals surface area contributed by atoms with Gasteiger partial charge in [-0.2, -0.15) is 5.26 Å². The molecule has 5 nitrogen and oxygen atoms in total. The minimum atomic E-state index is -0.636. The van der Waals surface area contributed by atoms with Gasteiger partial charge in [0.2, 0.25) is 0 Å². The minimum Gasteiger partial charge on any atom is -0.352 e. The van der Waals surface area contributed by atoms with Crippen LogP contribution in [0.5, 0.6) is 0 Å². The highest BCUT2D eigenvalue weighted by molar-refractivity contribution is 5.93. The second-order valence-corrected chi connectivity index (χ2v) is 1.85. The van der Waals surface area contributed by atoms with E-state index in [4.69, 9.17) is 10.5 Å². The van der Waals surface area contributed by atoms with Crippen molar-refractivity contribution in [3.8, 4) is 6.07 Å². The largest absolute Gasteiger partial charge is 0.352 e. The maximum Gasteiger partial charge on any atom is 0.276 e. The first-order chi connectivity index (χ1) is 5.27. The fourth-order valence-electron chi connectivity index (χ4n) is 0.655. The van der Waals surface area contributed by atoms with E-state index in [-0.39, 0.29) is 11.3 Å². The fourth-order valence-corrected chi connectivity index (χ4v) is 0.655. The number of rotatable bonds is 1. The molecule has 3 N–H and O–H groups in total. The number of hydrogen-bond acceptors (Lipinski definition) is 3. The maximum atomic E-state index is 10.7. The second kappa shape index (κ2) is 2.86. The summed E-state index contributed by atoms with van der Waals surface area (Å²) in [5.41, 5.74) is 1.96. The molecular formula is C6H5N3O2. The van der Waals surface area contributed by atoms with Crippen LogP contribution in [0, 0.1) is 11.3 Å². The van der Waals surface area contributed by atoms with Crippen molar-refractivity contribution in [2.24, 2.45) is 0 Å². The van der Waals surface area contributed by atoms with Crippen LogP contribution in [0.25, 0.3) is 0 Å². The van der Waals surface area contributed by atoms with Crippen LogP contribution in [0.15, 0.2) is 12.3 Å². The Morgan fingerprint density at radius 3 is 3.00 bits per heavy atom. The van der Waals surface area contributed by atoms with Gasteiger partial charge in [-0.1, -0.05) is 0 Å². The van der Waals surface area contributed by atoms with Gasteiger partial charge >= 0.3 is 0 Å². The standard InChI is InChI=1S/C6H5N3O2/c7-2-5-1-4(3-8-5)6(10)9-11/h1,3,8,11H,(H,9,10). The lowest BCUT2D eigenvalue weighted by atomic mass is 10.3. The number of carbonyl (C=O) groups excluding carboxylic acids is 1. The summed E-state index contributed by atoms with van der Waals surface area (Å²) in [6.07, 6.45) is 1.34. The molecule has 11 heavy (non-hydrogen) atoms. The van der Waals surface area contributed by atoms with Crippen LogP contribution < -0.4 is 5.48 Å². The lowest BCUT2D eigenvalue weighted by molar-refractivity contribution is 0.0706. The maximum absolute atomic E-state index is 10.7. The minimum absolute atomic E-state index is 0.226. The molecule has 1 rings (SSSR count). The van der Waals surface area contributed by atoms with Crippen LogP contribution >= 0.6 is 0 Å². The van der Waals surface area contributed by atoms with Crippen LogP contribution in [0.4, 0.5) is 0 Å². The number of H-pyrrole nitrogens is 1. The van der Waals surface area contributed by atoms with Gasteiger partial charge in [-0.3, -0.25) is 10.0 Å². The molecule has 5 heteroatoms. The van der Waals surface area contributed by atoms with E-state index in [0.717, 1.165) is 0 Å². The number of aromatic amines is 1. The molecule has 0 aromatic carbocycles. The zero-order valence-corrected chi connectivity index (χ0v) is 5.46. The van der Waals surface area contributed by atoms with Crippen molar-refractivity contribution in [3.63, 3.8) is 0 Å². The molecule has 0 atom stereocenters. The molecule has 1 heterocycles. The normalized spacial score (nSPS) is 8.73. The Labute approximate surface area is 62.2 Å². The first-order valence-corrected chi connectivity index (χ1v) is 2.81. The van der Waals surface area contributed by atoms with E-state index in [2.05, 4.69) is 4.98 Å². The Kier molecular flexibility index (Phi) is 1.90. The number of aromatic nitrogens is 1. The van der Waals surface area contributed by atoms with E-state index in [1.807, 2.05) is 6.07 Å². The Morgan fingerprint density at radius 2 is 2.55 bits per heavy atom. The first kappa shape index (κ1) is 7.31. The topological polar surface area (TPSA) is 88.9 Å². The molecule has 0 radical (unpaired) electrons. The molecule has 1 aromatic heterocycles. The molecule has 0 bridgehead atoms. The molecular weight excluding hydrogens is 146 g/mol. The van der Waals surface area contributed by atoms with Gasteiger partial charge < -0.3 is 4.98 Å². The molecule has 56 valence electrons. The van der Waals surface area contributed by atoms with Gasteiger partial charge in [0.15, 0.2) is 0 Å². The summed E-state index contributed by atoms with van der Waals surface area (Å²) in [5.74, 6) is -0.636. The number of nitriles is 1. The lowest BCUT2D eigenvalue weighted by Crippen LogP contribution is -2.17. The van der Waals surface area contributed by atoms with Crippen molar-refractivity contribution >= 4 is 5.91 Å². The van der Waals surface area contributed by atoms with E-state index >= 15 is 0 Å². The Hall–Kier alpha value is -1.80. The van der Waals surface area contributed by atoms with Crippen molar-refractivity contribution in [3.05, 3.63) is 23.5 Å². The zero-order valence-electron chi connectivity index (χ0n) is 5.46. The van der Waals surface area contributed by atoms with Crippen molar-refractivity contribution in [1.82, 2.24) is 10.5 Å². The third-order valence-electron chi connectivity index (χ3n) is 1.17. The molecule has 0 saturated carbocycles. The summed E-state index contributed by atoms with van der Waals surface area (Å²) in [5, 5.41) is 16.5. The van der Waals surface area contributed by atoms with Gasteiger partial charge in [0.25, 0.3) is 5.91 Å². The SMILES string of the molecule is N#Cc1cc(C(=O)NO)c[nH]1. The zero-order chi connectivity index (χ0) is 8.27. The number of nitrogens with zero attached hydrogens (tertiary/aromatic N) is 1. The van der Waals surface area contributed by atoms with E-state index in [1.165, 1.54) is 17.7 Å². The molecule has 0 fully saturated rings. The Bertz CT molecular complexity index is 310. The van der Waals surface area contributed by atoms with Crippen LogP contribution in [0.1, 0.15) is 16.1 Å². The third kappa shape index (κ3) is 1.36. The van der Waals surface area contributed by atoms with Crippen LogP contribution in [0.2, 0.25) is 0 Å². The summed E-state index contributed by atoms with van der Waals surface area (Å²) >= 11 is 0. The second-order valence-electron chi connectivity index (χ2n) is 1.85. The van der Waals surface area contributed by atoms with E-state index in [0.29, 0.717) is 0 Å². The predicted molar refractivity (Wildman–Crippen MR) is 34.8 cm³/mol. The highest BCUT2D eigenvalue weighted by Gasteiger charge is 2.05. The van der Waals surface area contributed by atoms with Gasteiger partial charge in [-0.25, -0.2) is 5.48 Å². The molecule has 1 amide bonds. The number of amides is 1. The molecule has 0 spiro atoms. The predicted octanol–water partition coefficient (Wildman–Crippen LogP) is 0.00538. The lowest BCUT2D eigenvalue weighted by Gasteiger charge is -1.89. The van der Waals surface area contributed by atoms with Gasteiger partial charge in [-0.05, 0) is 6.07 Å². The van der Waals surface area contributed by atoms with Crippen LogP contribution in [-0.4, -0.2) is 16.1 Å². The summed E-state index contributed by atoms with van der Waals surface area (Å²) in [7, 11) is 0. The highest BCUT2D eigenvalue weighted by Crippen LogP contribution is 2.00. The summed E-state index contributed by atoms with van der Waals surface area (Å²) < 4.78 is 0. The Balaban J connectivity index is 2.91. The number of carbonyl (C=O) groups is 1. The van der Waals surface area contributed by atoms with Gasteiger partial charge in [0.05, 0.1) is 5.56 Å². The average Bonchev–Trinajstić information content (AvgIpc) is 2.50. The number of nitrogens with one attached hydrogen (secondary N) is 2. The summed E-state index contributed by atoms with van der Waals surface area (Å²) in [6.45, 7) is 0. The molecule has 0 aliphatic rings. The smallest absolute Gasteiger partial charge is 0.276 e. The highest BCUT2D eigenvalue weighted by atomic mass is 16.5. The van der Waals surface area contributed by atoms with Crippen molar-refractivity contribution in [2.75, 3.05) is 0 Å². The van der Waals surface area contributed by atoms with Crippen molar-refractivity contribution in [2.45, 2.75) is 0 Å². The van der Waals surface area contributed by atoms with Crippen molar-refractivity contribution in [1.29, 1.82) is 5.26 Å². The van der Waals surface area contributed by atoms with Crippen molar-refractivity contribution < 1.29 is 10.0 Å². The van der Waals surface area contributed by atoms with Gasteiger partial charge in [0, 0.05) is 6.20 Å². The molecule has 1 aromatic rings. The average molecular weight is 151 g/mol. The van der Waals surface area contributed by atoms with E-state index < -0.39 is 5.91 Å². The fraction of sp³-hybridized carbons (Fsp3) is 0. The monoisotopic (exact) mass is 151 g/mol. The van der Waals surface area contributed by atoms with E-state index in [1.54, 1.807) is 0 Å². The quantitative estimate of drug-likeness (QED) is 0.390. The number of hydrogen-bond donors (Lipinski definition) is 3. The summed E-state index contributed by atoms with van der Waals surface area (Å²) in [4.78, 5) is 13.2. The third-order valence-corrected chi connectivity index (χ3v) is 1.17. The van der Waals surface area contributed by atoms with Crippen LogP contribution in [-0.2, 0) is 0 Å². The van der Waals surface area contributed by atoms with Crippen LogP contribution in [0.3, 0.4) is 0 Å². The van der Waals surface area contributed by atoms with Gasteiger partial charge in [0.1, 0.15) is 11.8 Å². The molecule has 0 aliphatic heterocycles. The van der Waals surface area contributed by atoms with Gasteiger partial charge in [-0.15, -0.1) is 0 Å². The summed E-state index contributed by atoms with van der Waals surface area (Å²) in [6, 6.07) is 3.15. The number of hydroxylamine groups is 1. The molecule has 0 saturated heterocycles.